The highest BCUT2D eigenvalue weighted by molar-refractivity contribution is 5.85. The third-order valence-corrected chi connectivity index (χ3v) is 8.52. The van der Waals surface area contributed by atoms with E-state index in [1.165, 1.54) is 5.56 Å². The third kappa shape index (κ3) is 6.08. The quantitative estimate of drug-likeness (QED) is 0.428. The number of H-pyrrole nitrogens is 1. The minimum absolute atomic E-state index is 0.000664. The van der Waals surface area contributed by atoms with Crippen molar-refractivity contribution in [1.29, 1.82) is 0 Å². The van der Waals surface area contributed by atoms with E-state index >= 15 is 0 Å². The summed E-state index contributed by atoms with van der Waals surface area (Å²) in [4.78, 5) is 40.8. The van der Waals surface area contributed by atoms with Gasteiger partial charge >= 0.3 is 12.1 Å². The number of hydrogen-bond acceptors (Lipinski definition) is 6. The molecule has 230 valence electrons. The SMILES string of the molecule is Cc1c[nH]c2ncc(-c3cc4c(c([C@@H]5COCCN5C(=O)OC(C)(C)C)c3)CN(C(=O)N3C[C@@H](C)O[C@H](C)C3)CC4)cc12. The van der Waals surface area contributed by atoms with Crippen LogP contribution in [0.25, 0.3) is 22.2 Å². The van der Waals surface area contributed by atoms with Crippen molar-refractivity contribution in [2.75, 3.05) is 39.4 Å². The maximum absolute atomic E-state index is 13.8. The van der Waals surface area contributed by atoms with Gasteiger partial charge in [-0.1, -0.05) is 6.07 Å². The number of nitrogens with one attached hydrogen (secondary N) is 1. The number of nitrogens with zero attached hydrogens (tertiary/aromatic N) is 4. The van der Waals surface area contributed by atoms with Gasteiger partial charge in [0.1, 0.15) is 11.2 Å². The number of hydrogen-bond donors (Lipinski definition) is 1. The minimum Gasteiger partial charge on any atom is -0.444 e. The molecule has 3 aliphatic rings. The van der Waals surface area contributed by atoms with Crippen molar-refractivity contribution in [2.45, 2.75) is 78.4 Å². The number of morpholine rings is 2. The van der Waals surface area contributed by atoms with E-state index in [0.717, 1.165) is 45.3 Å². The first-order valence-corrected chi connectivity index (χ1v) is 15.3. The molecule has 2 fully saturated rings. The molecule has 0 saturated carbocycles. The van der Waals surface area contributed by atoms with Crippen LogP contribution in [-0.2, 0) is 27.2 Å². The van der Waals surface area contributed by atoms with Crippen LogP contribution in [0.2, 0.25) is 0 Å². The number of amides is 3. The number of rotatable bonds is 2. The number of ether oxygens (including phenoxy) is 3. The summed E-state index contributed by atoms with van der Waals surface area (Å²) < 4.78 is 17.7. The molecule has 0 aliphatic carbocycles. The van der Waals surface area contributed by atoms with Crippen molar-refractivity contribution in [1.82, 2.24) is 24.7 Å². The van der Waals surface area contributed by atoms with Crippen LogP contribution >= 0.6 is 0 Å². The predicted molar refractivity (Wildman–Crippen MR) is 164 cm³/mol. The molecule has 2 aromatic heterocycles. The molecule has 3 amide bonds. The molecule has 0 radical (unpaired) electrons. The number of fused-ring (bicyclic) bond motifs is 2. The summed E-state index contributed by atoms with van der Waals surface area (Å²) in [5.74, 6) is 0. The summed E-state index contributed by atoms with van der Waals surface area (Å²) >= 11 is 0. The van der Waals surface area contributed by atoms with Crippen molar-refractivity contribution in [2.24, 2.45) is 0 Å². The van der Waals surface area contributed by atoms with Gasteiger partial charge in [0.25, 0.3) is 0 Å². The van der Waals surface area contributed by atoms with E-state index in [2.05, 4.69) is 35.1 Å². The molecule has 0 unspecified atom stereocenters. The summed E-state index contributed by atoms with van der Waals surface area (Å²) in [6.07, 6.45) is 4.23. The fourth-order valence-electron chi connectivity index (χ4n) is 6.55. The molecular formula is C33H43N5O5. The molecule has 3 aliphatic heterocycles. The van der Waals surface area contributed by atoms with E-state index in [4.69, 9.17) is 14.2 Å². The molecule has 0 spiro atoms. The zero-order chi connectivity index (χ0) is 30.5. The molecule has 1 N–H and O–H groups in total. The highest BCUT2D eigenvalue weighted by Crippen LogP contribution is 2.37. The molecule has 3 atom stereocenters. The summed E-state index contributed by atoms with van der Waals surface area (Å²) in [5.41, 5.74) is 6.67. The Morgan fingerprint density at radius 3 is 2.56 bits per heavy atom. The van der Waals surface area contributed by atoms with Crippen LogP contribution in [0.5, 0.6) is 0 Å². The van der Waals surface area contributed by atoms with Gasteiger partial charge in [0.2, 0.25) is 0 Å². The second-order valence-electron chi connectivity index (χ2n) is 13.2. The normalized spacial score (nSPS) is 22.9. The van der Waals surface area contributed by atoms with Crippen molar-refractivity contribution in [3.63, 3.8) is 0 Å². The number of aromatic amines is 1. The standard InChI is InChI=1S/C33H43N5O5/c1-20-14-34-30-26(20)13-25(15-35-30)24-11-23-7-8-36(31(39)37-16-21(2)42-22(3)17-37)18-28(23)27(12-24)29-19-41-10-9-38(29)32(40)43-33(4,5)6/h11-15,21-22,29H,7-10,16-19H2,1-6H3,(H,34,35)/t21-,22-,29+/m1/s1. The minimum atomic E-state index is -0.619. The van der Waals surface area contributed by atoms with E-state index < -0.39 is 5.60 Å². The molecule has 1 aromatic carbocycles. The number of benzene rings is 1. The number of carbonyl (C=O) groups is 2. The van der Waals surface area contributed by atoms with Crippen LogP contribution in [0.1, 0.15) is 62.9 Å². The van der Waals surface area contributed by atoms with Crippen LogP contribution in [0.15, 0.2) is 30.6 Å². The number of aryl methyl sites for hydroxylation is 1. The Morgan fingerprint density at radius 1 is 1.05 bits per heavy atom. The summed E-state index contributed by atoms with van der Waals surface area (Å²) in [5, 5.41) is 1.08. The highest BCUT2D eigenvalue weighted by atomic mass is 16.6. The first-order valence-electron chi connectivity index (χ1n) is 15.3. The first kappa shape index (κ1) is 29.4. The van der Waals surface area contributed by atoms with Crippen LogP contribution in [0.4, 0.5) is 9.59 Å². The van der Waals surface area contributed by atoms with Gasteiger partial charge in [0, 0.05) is 56.1 Å². The van der Waals surface area contributed by atoms with E-state index in [9.17, 15) is 9.59 Å². The Hall–Kier alpha value is -3.63. The predicted octanol–water partition coefficient (Wildman–Crippen LogP) is 5.43. The third-order valence-electron chi connectivity index (χ3n) is 8.52. The summed E-state index contributed by atoms with van der Waals surface area (Å²) in [7, 11) is 0. The van der Waals surface area contributed by atoms with Crippen LogP contribution in [0, 0.1) is 6.92 Å². The monoisotopic (exact) mass is 589 g/mol. The number of aromatic nitrogens is 2. The van der Waals surface area contributed by atoms with Gasteiger partial charge in [-0.25, -0.2) is 14.6 Å². The lowest BCUT2D eigenvalue weighted by atomic mass is 9.87. The fraction of sp³-hybridized carbons (Fsp3) is 0.545. The van der Waals surface area contributed by atoms with Gasteiger partial charge in [-0.3, -0.25) is 4.90 Å². The van der Waals surface area contributed by atoms with Crippen molar-refractivity contribution < 1.29 is 23.8 Å². The lowest BCUT2D eigenvalue weighted by Crippen LogP contribution is -2.53. The van der Waals surface area contributed by atoms with Crippen LogP contribution in [-0.4, -0.2) is 94.0 Å². The molecule has 3 aromatic rings. The fourth-order valence-corrected chi connectivity index (χ4v) is 6.55. The maximum atomic E-state index is 13.8. The van der Waals surface area contributed by atoms with Gasteiger partial charge in [-0.15, -0.1) is 0 Å². The highest BCUT2D eigenvalue weighted by Gasteiger charge is 2.37. The lowest BCUT2D eigenvalue weighted by molar-refractivity contribution is -0.0586. The van der Waals surface area contributed by atoms with Gasteiger partial charge in [0.05, 0.1) is 31.5 Å². The van der Waals surface area contributed by atoms with E-state index in [0.29, 0.717) is 45.9 Å². The molecule has 5 heterocycles. The van der Waals surface area contributed by atoms with E-state index in [-0.39, 0.29) is 30.4 Å². The molecule has 2 saturated heterocycles. The van der Waals surface area contributed by atoms with Crippen LogP contribution in [0.3, 0.4) is 0 Å². The smallest absolute Gasteiger partial charge is 0.410 e. The number of carbonyl (C=O) groups excluding carboxylic acids is 2. The van der Waals surface area contributed by atoms with Crippen molar-refractivity contribution in [3.8, 4) is 11.1 Å². The van der Waals surface area contributed by atoms with Crippen molar-refractivity contribution in [3.05, 3.63) is 52.8 Å². The lowest BCUT2D eigenvalue weighted by Gasteiger charge is -2.41. The Bertz CT molecular complexity index is 1520. The summed E-state index contributed by atoms with van der Waals surface area (Å²) in [6, 6.07) is 6.24. The molecule has 10 heteroatoms. The molecule has 6 rings (SSSR count). The molecule has 10 nitrogen and oxygen atoms in total. The van der Waals surface area contributed by atoms with Crippen LogP contribution < -0.4 is 0 Å². The zero-order valence-electron chi connectivity index (χ0n) is 26.1. The number of urea groups is 1. The Labute approximate surface area is 253 Å². The maximum Gasteiger partial charge on any atom is 0.410 e. The second kappa shape index (κ2) is 11.5. The van der Waals surface area contributed by atoms with Gasteiger partial charge in [-0.05, 0) is 87.9 Å². The van der Waals surface area contributed by atoms with Gasteiger partial charge in [-0.2, -0.15) is 0 Å². The van der Waals surface area contributed by atoms with E-state index in [1.54, 1.807) is 4.90 Å². The topological polar surface area (TPSA) is 100 Å². The van der Waals surface area contributed by atoms with Gasteiger partial charge in [0.15, 0.2) is 0 Å². The van der Waals surface area contributed by atoms with E-state index in [1.807, 2.05) is 56.8 Å². The zero-order valence-corrected chi connectivity index (χ0v) is 26.1. The Balaban J connectivity index is 1.40. The number of pyridine rings is 1. The van der Waals surface area contributed by atoms with Gasteiger partial charge < -0.3 is 29.0 Å². The van der Waals surface area contributed by atoms with Crippen molar-refractivity contribution >= 4 is 23.2 Å². The Kier molecular flexibility index (Phi) is 7.85. The Morgan fingerprint density at radius 2 is 1.81 bits per heavy atom. The molecule has 43 heavy (non-hydrogen) atoms. The first-order chi connectivity index (χ1) is 20.5. The summed E-state index contributed by atoms with van der Waals surface area (Å²) in [6.45, 7) is 15.2. The second-order valence-corrected chi connectivity index (χ2v) is 13.2. The average Bonchev–Trinajstić information content (AvgIpc) is 3.34. The molecule has 0 bridgehead atoms. The largest absolute Gasteiger partial charge is 0.444 e. The average molecular weight is 590 g/mol. The molecular weight excluding hydrogens is 546 g/mol.